The second-order valence-corrected chi connectivity index (χ2v) is 8.98. The van der Waals surface area contributed by atoms with Crippen LogP contribution in [0.2, 0.25) is 0 Å². The van der Waals surface area contributed by atoms with E-state index in [1.54, 1.807) is 13.0 Å². The van der Waals surface area contributed by atoms with Crippen LogP contribution < -0.4 is 0 Å². The van der Waals surface area contributed by atoms with E-state index in [1.165, 1.54) is 27.8 Å². The molecular formula is C17H17N3O4S2. The van der Waals surface area contributed by atoms with Gasteiger partial charge < -0.3 is 9.52 Å². The first-order valence-electron chi connectivity index (χ1n) is 8.15. The normalized spacial score (nSPS) is 18.4. The van der Waals surface area contributed by atoms with Gasteiger partial charge in [0, 0.05) is 12.6 Å². The Hall–Kier alpha value is -2.23. The molecule has 0 aliphatic carbocycles. The number of rotatable bonds is 4. The van der Waals surface area contributed by atoms with Gasteiger partial charge in [0.25, 0.3) is 5.89 Å². The fraction of sp³-hybridized carbons (Fsp3) is 0.294. The van der Waals surface area contributed by atoms with E-state index >= 15 is 0 Å². The number of benzene rings is 1. The molecule has 1 aromatic carbocycles. The topological polar surface area (TPSA) is 96.5 Å². The first kappa shape index (κ1) is 17.2. The van der Waals surface area contributed by atoms with Crippen molar-refractivity contribution in [3.63, 3.8) is 0 Å². The molecule has 1 unspecified atom stereocenters. The molecule has 1 fully saturated rings. The van der Waals surface area contributed by atoms with Crippen molar-refractivity contribution < 1.29 is 17.9 Å². The standard InChI is InChI=1S/C17H17N3O4S2/c1-11-6-7-12(10-14(11)21)26(22,23)20-8-2-4-13(20)16-18-19-17(24-16)15-5-3-9-25-15/h3,5-7,9-10,13,21H,2,4,8H2,1H3. The second kappa shape index (κ2) is 6.49. The maximum atomic E-state index is 13.0. The lowest BCUT2D eigenvalue weighted by Crippen LogP contribution is -2.30. The Morgan fingerprint density at radius 3 is 2.88 bits per heavy atom. The molecule has 26 heavy (non-hydrogen) atoms. The third kappa shape index (κ3) is 2.91. The molecule has 0 radical (unpaired) electrons. The molecule has 0 saturated carbocycles. The number of aromatic nitrogens is 2. The maximum absolute atomic E-state index is 13.0. The van der Waals surface area contributed by atoms with Crippen molar-refractivity contribution in [1.82, 2.24) is 14.5 Å². The van der Waals surface area contributed by atoms with Gasteiger partial charge >= 0.3 is 0 Å². The van der Waals surface area contributed by atoms with Gasteiger partial charge in [0.2, 0.25) is 15.9 Å². The minimum absolute atomic E-state index is 0.0420. The fourth-order valence-electron chi connectivity index (χ4n) is 3.03. The molecule has 7 nitrogen and oxygen atoms in total. The van der Waals surface area contributed by atoms with Crippen molar-refractivity contribution in [2.75, 3.05) is 6.54 Å². The van der Waals surface area contributed by atoms with Crippen LogP contribution in [0.5, 0.6) is 5.75 Å². The van der Waals surface area contributed by atoms with Crippen LogP contribution in [-0.4, -0.2) is 34.6 Å². The molecule has 3 aromatic rings. The maximum Gasteiger partial charge on any atom is 0.257 e. The molecule has 2 aromatic heterocycles. The Morgan fingerprint density at radius 2 is 2.15 bits per heavy atom. The summed E-state index contributed by atoms with van der Waals surface area (Å²) in [5.74, 6) is 0.651. The molecular weight excluding hydrogens is 374 g/mol. The van der Waals surface area contributed by atoms with Crippen molar-refractivity contribution in [3.05, 3.63) is 47.2 Å². The summed E-state index contributed by atoms with van der Waals surface area (Å²) in [7, 11) is -3.77. The van der Waals surface area contributed by atoms with Gasteiger partial charge in [0.1, 0.15) is 11.8 Å². The number of aromatic hydroxyl groups is 1. The first-order valence-corrected chi connectivity index (χ1v) is 10.5. The summed E-state index contributed by atoms with van der Waals surface area (Å²) < 4.78 is 33.2. The Bertz CT molecular complexity index is 1030. The van der Waals surface area contributed by atoms with Crippen molar-refractivity contribution >= 4 is 21.4 Å². The smallest absolute Gasteiger partial charge is 0.257 e. The monoisotopic (exact) mass is 391 g/mol. The number of thiophene rings is 1. The minimum atomic E-state index is -3.77. The number of hydrogen-bond acceptors (Lipinski definition) is 7. The van der Waals surface area contributed by atoms with Crippen molar-refractivity contribution in [2.45, 2.75) is 30.7 Å². The quantitative estimate of drug-likeness (QED) is 0.733. The van der Waals surface area contributed by atoms with Crippen molar-refractivity contribution in [3.8, 4) is 16.5 Å². The third-order valence-electron chi connectivity index (χ3n) is 4.45. The average Bonchev–Trinajstić information content (AvgIpc) is 3.36. The Morgan fingerprint density at radius 1 is 1.31 bits per heavy atom. The highest BCUT2D eigenvalue weighted by molar-refractivity contribution is 7.89. The zero-order valence-corrected chi connectivity index (χ0v) is 15.6. The van der Waals surface area contributed by atoms with Crippen LogP contribution >= 0.6 is 11.3 Å². The van der Waals surface area contributed by atoms with Gasteiger partial charge in [0.05, 0.1) is 9.77 Å². The van der Waals surface area contributed by atoms with E-state index in [1.807, 2.05) is 17.5 Å². The van der Waals surface area contributed by atoms with Crippen molar-refractivity contribution in [1.29, 1.82) is 0 Å². The molecule has 1 aliphatic rings. The molecule has 9 heteroatoms. The first-order chi connectivity index (χ1) is 12.5. The zero-order valence-electron chi connectivity index (χ0n) is 14.0. The highest BCUT2D eigenvalue weighted by Gasteiger charge is 2.39. The van der Waals surface area contributed by atoms with Crippen LogP contribution in [0.1, 0.15) is 30.3 Å². The largest absolute Gasteiger partial charge is 0.508 e. The van der Waals surface area contributed by atoms with Gasteiger partial charge in [0.15, 0.2) is 0 Å². The number of phenolic OH excluding ortho intramolecular Hbond substituents is 1. The molecule has 3 heterocycles. The third-order valence-corrected chi connectivity index (χ3v) is 7.21. The van der Waals surface area contributed by atoms with Gasteiger partial charge in [-0.2, -0.15) is 4.31 Å². The van der Waals surface area contributed by atoms with Gasteiger partial charge in [-0.3, -0.25) is 0 Å². The molecule has 136 valence electrons. The van der Waals surface area contributed by atoms with Crippen molar-refractivity contribution in [2.24, 2.45) is 0 Å². The number of phenols is 1. The summed E-state index contributed by atoms with van der Waals surface area (Å²) in [6.45, 7) is 2.09. The van der Waals surface area contributed by atoms with E-state index in [0.717, 1.165) is 4.88 Å². The van der Waals surface area contributed by atoms with Gasteiger partial charge in [-0.25, -0.2) is 8.42 Å². The van der Waals surface area contributed by atoms with E-state index in [0.29, 0.717) is 36.7 Å². The van der Waals surface area contributed by atoms with E-state index in [2.05, 4.69) is 10.2 Å². The fourth-order valence-corrected chi connectivity index (χ4v) is 5.34. The van der Waals surface area contributed by atoms with Crippen LogP contribution in [0, 0.1) is 6.92 Å². The summed E-state index contributed by atoms with van der Waals surface area (Å²) in [6, 6.07) is 7.65. The van der Waals surface area contributed by atoms with Crippen LogP contribution in [0.25, 0.3) is 10.8 Å². The summed E-state index contributed by atoms with van der Waals surface area (Å²) in [6.07, 6.45) is 1.32. The average molecular weight is 391 g/mol. The molecule has 1 N–H and O–H groups in total. The number of nitrogens with zero attached hydrogens (tertiary/aromatic N) is 3. The molecule has 4 rings (SSSR count). The Labute approximate surface area is 155 Å². The van der Waals surface area contributed by atoms with Gasteiger partial charge in [-0.05, 0) is 42.8 Å². The molecule has 0 amide bonds. The van der Waals surface area contributed by atoms with E-state index in [-0.39, 0.29) is 10.6 Å². The summed E-state index contributed by atoms with van der Waals surface area (Å²) in [5.41, 5.74) is 0.624. The lowest BCUT2D eigenvalue weighted by Gasteiger charge is -2.21. The molecule has 1 saturated heterocycles. The lowest BCUT2D eigenvalue weighted by molar-refractivity contribution is 0.332. The van der Waals surface area contributed by atoms with E-state index in [4.69, 9.17) is 4.42 Å². The lowest BCUT2D eigenvalue weighted by atomic mass is 10.2. The highest BCUT2D eigenvalue weighted by atomic mass is 32.2. The molecule has 1 aliphatic heterocycles. The summed E-state index contributed by atoms with van der Waals surface area (Å²) >= 11 is 1.48. The number of hydrogen-bond donors (Lipinski definition) is 1. The molecule has 0 spiro atoms. The Balaban J connectivity index is 1.67. The molecule has 0 bridgehead atoms. The van der Waals surface area contributed by atoms with Gasteiger partial charge in [-0.15, -0.1) is 21.5 Å². The van der Waals surface area contributed by atoms with Crippen LogP contribution in [0.15, 0.2) is 45.0 Å². The predicted molar refractivity (Wildman–Crippen MR) is 96.3 cm³/mol. The number of sulfonamides is 1. The van der Waals surface area contributed by atoms with Crippen LogP contribution in [-0.2, 0) is 10.0 Å². The SMILES string of the molecule is Cc1ccc(S(=O)(=O)N2CCCC2c2nnc(-c3cccs3)o2)cc1O. The highest BCUT2D eigenvalue weighted by Crippen LogP contribution is 2.37. The predicted octanol–water partition coefficient (Wildman–Crippen LogP) is 3.34. The second-order valence-electron chi connectivity index (χ2n) is 6.14. The van der Waals surface area contributed by atoms with Crippen LogP contribution in [0.3, 0.4) is 0 Å². The Kier molecular flexibility index (Phi) is 4.29. The molecule has 1 atom stereocenters. The zero-order chi connectivity index (χ0) is 18.3. The van der Waals surface area contributed by atoms with Crippen LogP contribution in [0.4, 0.5) is 0 Å². The minimum Gasteiger partial charge on any atom is -0.508 e. The van der Waals surface area contributed by atoms with E-state index < -0.39 is 16.1 Å². The number of aryl methyl sites for hydroxylation is 1. The van der Waals surface area contributed by atoms with E-state index in [9.17, 15) is 13.5 Å². The summed E-state index contributed by atoms with van der Waals surface area (Å²) in [5, 5.41) is 19.9. The van der Waals surface area contributed by atoms with Gasteiger partial charge in [-0.1, -0.05) is 12.1 Å². The summed E-state index contributed by atoms with van der Waals surface area (Å²) in [4.78, 5) is 0.908.